The van der Waals surface area contributed by atoms with Crippen LogP contribution in [0.1, 0.15) is 39.0 Å². The molecule has 1 aromatic rings. The topological polar surface area (TPSA) is 62.7 Å². The quantitative estimate of drug-likeness (QED) is 0.749. The standard InChI is InChI=1S/C13H24N4OS/c1-3-8-14-11(10-6-4-5-7-10)9-19-13-16-15-12(18)17(13)2/h10-11,14H,3-9H2,1-2H3,(H,15,18). The number of hydrogen-bond acceptors (Lipinski definition) is 4. The molecule has 0 spiro atoms. The zero-order valence-electron chi connectivity index (χ0n) is 11.8. The van der Waals surface area contributed by atoms with Crippen LogP contribution in [0.2, 0.25) is 0 Å². The molecule has 1 unspecified atom stereocenters. The molecule has 2 N–H and O–H groups in total. The van der Waals surface area contributed by atoms with Crippen molar-refractivity contribution < 1.29 is 0 Å². The fraction of sp³-hybridized carbons (Fsp3) is 0.846. The normalized spacial score (nSPS) is 18.0. The van der Waals surface area contributed by atoms with Crippen molar-refractivity contribution in [1.82, 2.24) is 20.1 Å². The molecule has 1 atom stereocenters. The second-order valence-corrected chi connectivity index (χ2v) is 6.27. The van der Waals surface area contributed by atoms with Crippen LogP contribution in [0.5, 0.6) is 0 Å². The predicted octanol–water partition coefficient (Wildman–Crippen LogP) is 1.76. The maximum atomic E-state index is 11.3. The first-order valence-corrected chi connectivity index (χ1v) is 8.18. The number of nitrogens with one attached hydrogen (secondary N) is 2. The Kier molecular flexibility index (Phi) is 5.51. The Morgan fingerprint density at radius 3 is 2.84 bits per heavy atom. The summed E-state index contributed by atoms with van der Waals surface area (Å²) in [7, 11) is 1.76. The van der Waals surface area contributed by atoms with Crippen LogP contribution in [0.3, 0.4) is 0 Å². The summed E-state index contributed by atoms with van der Waals surface area (Å²) in [5, 5.41) is 11.0. The van der Waals surface area contributed by atoms with Crippen molar-refractivity contribution in [2.75, 3.05) is 12.3 Å². The zero-order chi connectivity index (χ0) is 13.7. The summed E-state index contributed by atoms with van der Waals surface area (Å²) < 4.78 is 1.58. The van der Waals surface area contributed by atoms with E-state index in [9.17, 15) is 4.79 Å². The lowest BCUT2D eigenvalue weighted by Gasteiger charge is -2.24. The lowest BCUT2D eigenvalue weighted by atomic mass is 10.00. The maximum absolute atomic E-state index is 11.3. The van der Waals surface area contributed by atoms with Gasteiger partial charge < -0.3 is 5.32 Å². The highest BCUT2D eigenvalue weighted by Gasteiger charge is 2.25. The molecule has 0 aromatic carbocycles. The summed E-state index contributed by atoms with van der Waals surface area (Å²) in [5.41, 5.74) is -0.138. The van der Waals surface area contributed by atoms with Crippen LogP contribution in [0.15, 0.2) is 9.95 Å². The van der Waals surface area contributed by atoms with Crippen LogP contribution in [-0.2, 0) is 7.05 Å². The van der Waals surface area contributed by atoms with Crippen molar-refractivity contribution in [3.05, 3.63) is 10.5 Å². The molecule has 2 rings (SSSR count). The largest absolute Gasteiger partial charge is 0.343 e. The number of aromatic nitrogens is 3. The number of H-pyrrole nitrogens is 1. The molecule has 6 heteroatoms. The maximum Gasteiger partial charge on any atom is 0.343 e. The molecule has 1 aliphatic carbocycles. The fourth-order valence-electron chi connectivity index (χ4n) is 2.68. The van der Waals surface area contributed by atoms with Gasteiger partial charge in [0.2, 0.25) is 0 Å². The van der Waals surface area contributed by atoms with Crippen molar-refractivity contribution in [3.63, 3.8) is 0 Å². The lowest BCUT2D eigenvalue weighted by Crippen LogP contribution is -2.37. The highest BCUT2D eigenvalue weighted by Crippen LogP contribution is 2.30. The predicted molar refractivity (Wildman–Crippen MR) is 78.6 cm³/mol. The zero-order valence-corrected chi connectivity index (χ0v) is 12.6. The summed E-state index contributed by atoms with van der Waals surface area (Å²) >= 11 is 1.67. The first-order chi connectivity index (χ1) is 9.22. The monoisotopic (exact) mass is 284 g/mol. The van der Waals surface area contributed by atoms with Gasteiger partial charge in [0.25, 0.3) is 0 Å². The molecule has 0 aliphatic heterocycles. The third-order valence-corrected chi connectivity index (χ3v) is 5.01. The van der Waals surface area contributed by atoms with E-state index in [-0.39, 0.29) is 5.69 Å². The summed E-state index contributed by atoms with van der Waals surface area (Å²) in [6.45, 7) is 3.27. The molecule has 0 bridgehead atoms. The molecule has 0 saturated heterocycles. The third-order valence-electron chi connectivity index (χ3n) is 3.86. The van der Waals surface area contributed by atoms with Gasteiger partial charge in [0.1, 0.15) is 0 Å². The van der Waals surface area contributed by atoms with Crippen molar-refractivity contribution >= 4 is 11.8 Å². The van der Waals surface area contributed by atoms with E-state index in [4.69, 9.17) is 0 Å². The van der Waals surface area contributed by atoms with Crippen molar-refractivity contribution in [3.8, 4) is 0 Å². The van der Waals surface area contributed by atoms with Crippen LogP contribution >= 0.6 is 11.8 Å². The molecule has 19 heavy (non-hydrogen) atoms. The number of rotatable bonds is 7. The van der Waals surface area contributed by atoms with E-state index in [1.165, 1.54) is 25.7 Å². The van der Waals surface area contributed by atoms with Gasteiger partial charge in [-0.25, -0.2) is 9.89 Å². The Balaban J connectivity index is 1.91. The van der Waals surface area contributed by atoms with Crippen LogP contribution in [0, 0.1) is 5.92 Å². The number of nitrogens with zero attached hydrogens (tertiary/aromatic N) is 2. The molecule has 0 radical (unpaired) electrons. The SMILES string of the molecule is CCCNC(CSc1n[nH]c(=O)n1C)C1CCCC1. The second kappa shape index (κ2) is 7.14. The van der Waals surface area contributed by atoms with Gasteiger partial charge in [0.15, 0.2) is 5.16 Å². The van der Waals surface area contributed by atoms with E-state index in [1.807, 2.05) is 0 Å². The van der Waals surface area contributed by atoms with E-state index < -0.39 is 0 Å². The minimum atomic E-state index is -0.138. The van der Waals surface area contributed by atoms with Crippen LogP contribution in [0.4, 0.5) is 0 Å². The Morgan fingerprint density at radius 2 is 2.26 bits per heavy atom. The minimum absolute atomic E-state index is 0.138. The van der Waals surface area contributed by atoms with Crippen LogP contribution < -0.4 is 11.0 Å². The summed E-state index contributed by atoms with van der Waals surface area (Å²) in [4.78, 5) is 11.3. The van der Waals surface area contributed by atoms with Crippen LogP contribution in [0.25, 0.3) is 0 Å². The van der Waals surface area contributed by atoms with Crippen molar-refractivity contribution in [1.29, 1.82) is 0 Å². The summed E-state index contributed by atoms with van der Waals surface area (Å²) in [5.74, 6) is 1.78. The molecular weight excluding hydrogens is 260 g/mol. The van der Waals surface area contributed by atoms with Gasteiger partial charge in [0.05, 0.1) is 0 Å². The minimum Gasteiger partial charge on any atom is -0.313 e. The highest BCUT2D eigenvalue weighted by atomic mass is 32.2. The molecule has 1 fully saturated rings. The Labute approximate surface area is 118 Å². The van der Waals surface area contributed by atoms with Gasteiger partial charge >= 0.3 is 5.69 Å². The highest BCUT2D eigenvalue weighted by molar-refractivity contribution is 7.99. The molecule has 108 valence electrons. The van der Waals surface area contributed by atoms with Gasteiger partial charge in [0, 0.05) is 18.8 Å². The first kappa shape index (κ1) is 14.7. The van der Waals surface area contributed by atoms with E-state index in [2.05, 4.69) is 22.4 Å². The third kappa shape index (κ3) is 3.86. The molecule has 5 nitrogen and oxygen atoms in total. The Morgan fingerprint density at radius 1 is 1.53 bits per heavy atom. The molecule has 1 aliphatic rings. The summed E-state index contributed by atoms with van der Waals surface area (Å²) in [6.07, 6.45) is 6.55. The molecular formula is C13H24N4OS. The first-order valence-electron chi connectivity index (χ1n) is 7.20. The average Bonchev–Trinajstić information content (AvgIpc) is 3.03. The number of thioether (sulfide) groups is 1. The van der Waals surface area contributed by atoms with E-state index >= 15 is 0 Å². The Bertz CT molecular complexity index is 436. The van der Waals surface area contributed by atoms with Crippen molar-refractivity contribution in [2.45, 2.75) is 50.2 Å². The number of aromatic amines is 1. The summed E-state index contributed by atoms with van der Waals surface area (Å²) in [6, 6.07) is 0.541. The average molecular weight is 284 g/mol. The lowest BCUT2D eigenvalue weighted by molar-refractivity contribution is 0.387. The molecule has 1 heterocycles. The van der Waals surface area contributed by atoms with E-state index in [1.54, 1.807) is 23.4 Å². The molecule has 1 saturated carbocycles. The van der Waals surface area contributed by atoms with Gasteiger partial charge in [-0.1, -0.05) is 31.5 Å². The van der Waals surface area contributed by atoms with Gasteiger partial charge in [-0.3, -0.25) is 4.57 Å². The van der Waals surface area contributed by atoms with Gasteiger partial charge in [-0.2, -0.15) is 0 Å². The van der Waals surface area contributed by atoms with E-state index in [0.29, 0.717) is 6.04 Å². The van der Waals surface area contributed by atoms with Crippen molar-refractivity contribution in [2.24, 2.45) is 13.0 Å². The number of hydrogen-bond donors (Lipinski definition) is 2. The van der Waals surface area contributed by atoms with Gasteiger partial charge in [-0.15, -0.1) is 5.10 Å². The molecule has 1 aromatic heterocycles. The molecule has 0 amide bonds. The van der Waals surface area contributed by atoms with Crippen LogP contribution in [-0.4, -0.2) is 33.1 Å². The Hall–Kier alpha value is -0.750. The second-order valence-electron chi connectivity index (χ2n) is 5.29. The van der Waals surface area contributed by atoms with E-state index in [0.717, 1.165) is 29.8 Å². The fourth-order valence-corrected chi connectivity index (χ4v) is 3.78. The van der Waals surface area contributed by atoms with Gasteiger partial charge in [-0.05, 0) is 31.7 Å². The smallest absolute Gasteiger partial charge is 0.313 e.